The van der Waals surface area contributed by atoms with E-state index in [0.29, 0.717) is 11.7 Å². The Bertz CT molecular complexity index is 272. The van der Waals surface area contributed by atoms with Gasteiger partial charge < -0.3 is 5.11 Å². The quantitative estimate of drug-likeness (QED) is 0.755. The summed E-state index contributed by atoms with van der Waals surface area (Å²) >= 11 is 0. The van der Waals surface area contributed by atoms with E-state index in [4.69, 9.17) is 0 Å². The van der Waals surface area contributed by atoms with Gasteiger partial charge in [-0.05, 0) is 25.3 Å². The second-order valence-corrected chi connectivity index (χ2v) is 4.05. The molecule has 0 unspecified atom stereocenters. The van der Waals surface area contributed by atoms with Crippen LogP contribution in [0.15, 0.2) is 12.4 Å². The van der Waals surface area contributed by atoms with Crippen molar-refractivity contribution in [2.75, 3.05) is 0 Å². The zero-order valence-electron chi connectivity index (χ0n) is 8.57. The standard InChI is InChI=1S/C10H16N2O/c1-7(2)8-5-11-9(12-6-8)10(3,4)13/h5-7,13H,1-4H3. The average Bonchev–Trinajstić information content (AvgIpc) is 2.03. The average molecular weight is 180 g/mol. The summed E-state index contributed by atoms with van der Waals surface area (Å²) in [7, 11) is 0. The molecule has 3 heteroatoms. The van der Waals surface area contributed by atoms with Gasteiger partial charge in [0.2, 0.25) is 0 Å². The maximum Gasteiger partial charge on any atom is 0.159 e. The van der Waals surface area contributed by atoms with Crippen LogP contribution in [-0.4, -0.2) is 15.1 Å². The molecule has 1 rings (SSSR count). The topological polar surface area (TPSA) is 46.0 Å². The maximum absolute atomic E-state index is 9.59. The third-order valence-corrected chi connectivity index (χ3v) is 1.89. The lowest BCUT2D eigenvalue weighted by Crippen LogP contribution is -2.19. The Morgan fingerprint density at radius 3 is 2.00 bits per heavy atom. The Labute approximate surface area is 78.9 Å². The van der Waals surface area contributed by atoms with Crippen LogP contribution in [-0.2, 0) is 5.60 Å². The number of nitrogens with zero attached hydrogens (tertiary/aromatic N) is 2. The molecule has 1 N–H and O–H groups in total. The van der Waals surface area contributed by atoms with Gasteiger partial charge in [-0.1, -0.05) is 13.8 Å². The summed E-state index contributed by atoms with van der Waals surface area (Å²) in [6.07, 6.45) is 3.54. The van der Waals surface area contributed by atoms with Gasteiger partial charge >= 0.3 is 0 Å². The highest BCUT2D eigenvalue weighted by atomic mass is 16.3. The summed E-state index contributed by atoms with van der Waals surface area (Å²) in [5, 5.41) is 9.59. The fourth-order valence-corrected chi connectivity index (χ4v) is 0.952. The Morgan fingerprint density at radius 1 is 1.23 bits per heavy atom. The highest BCUT2D eigenvalue weighted by Crippen LogP contribution is 2.16. The van der Waals surface area contributed by atoms with Crippen LogP contribution in [0.4, 0.5) is 0 Å². The summed E-state index contributed by atoms with van der Waals surface area (Å²) in [6.45, 7) is 7.53. The molecule has 0 fully saturated rings. The molecule has 0 aliphatic heterocycles. The van der Waals surface area contributed by atoms with Gasteiger partial charge in [-0.15, -0.1) is 0 Å². The third-order valence-electron chi connectivity index (χ3n) is 1.89. The predicted octanol–water partition coefficient (Wildman–Crippen LogP) is 1.83. The van der Waals surface area contributed by atoms with Crippen molar-refractivity contribution in [3.63, 3.8) is 0 Å². The van der Waals surface area contributed by atoms with Crippen LogP contribution in [0.2, 0.25) is 0 Å². The lowest BCUT2D eigenvalue weighted by molar-refractivity contribution is 0.0686. The van der Waals surface area contributed by atoms with Crippen molar-refractivity contribution in [1.82, 2.24) is 9.97 Å². The smallest absolute Gasteiger partial charge is 0.159 e. The normalized spacial score (nSPS) is 12.2. The Morgan fingerprint density at radius 2 is 1.69 bits per heavy atom. The van der Waals surface area contributed by atoms with Crippen LogP contribution in [0.3, 0.4) is 0 Å². The minimum absolute atomic E-state index is 0.427. The SMILES string of the molecule is CC(C)c1cnc(C(C)(C)O)nc1. The fourth-order valence-electron chi connectivity index (χ4n) is 0.952. The molecular formula is C10H16N2O. The molecule has 3 nitrogen and oxygen atoms in total. The number of aliphatic hydroxyl groups is 1. The second-order valence-electron chi connectivity index (χ2n) is 4.05. The first-order chi connectivity index (χ1) is 5.91. The van der Waals surface area contributed by atoms with Crippen molar-refractivity contribution in [3.8, 4) is 0 Å². The first-order valence-corrected chi connectivity index (χ1v) is 4.46. The fraction of sp³-hybridized carbons (Fsp3) is 0.600. The minimum Gasteiger partial charge on any atom is -0.382 e. The largest absolute Gasteiger partial charge is 0.382 e. The number of aromatic nitrogens is 2. The van der Waals surface area contributed by atoms with E-state index in [1.54, 1.807) is 26.2 Å². The molecule has 0 atom stereocenters. The molecule has 13 heavy (non-hydrogen) atoms. The Kier molecular flexibility index (Phi) is 2.66. The van der Waals surface area contributed by atoms with Gasteiger partial charge in [-0.3, -0.25) is 0 Å². The monoisotopic (exact) mass is 180 g/mol. The lowest BCUT2D eigenvalue weighted by atomic mass is 10.1. The van der Waals surface area contributed by atoms with Crippen LogP contribution in [0.5, 0.6) is 0 Å². The highest BCUT2D eigenvalue weighted by Gasteiger charge is 2.19. The summed E-state index contributed by atoms with van der Waals surface area (Å²) in [4.78, 5) is 8.22. The van der Waals surface area contributed by atoms with Gasteiger partial charge in [0.25, 0.3) is 0 Å². The molecule has 0 saturated carbocycles. The molecule has 1 aromatic heterocycles. The van der Waals surface area contributed by atoms with Crippen LogP contribution < -0.4 is 0 Å². The van der Waals surface area contributed by atoms with Gasteiger partial charge in [-0.25, -0.2) is 9.97 Å². The van der Waals surface area contributed by atoms with Crippen LogP contribution in [0.25, 0.3) is 0 Å². The highest BCUT2D eigenvalue weighted by molar-refractivity contribution is 5.11. The molecular weight excluding hydrogens is 164 g/mol. The molecule has 0 saturated heterocycles. The molecule has 0 amide bonds. The molecule has 0 bridgehead atoms. The van der Waals surface area contributed by atoms with Crippen molar-refractivity contribution in [3.05, 3.63) is 23.8 Å². The molecule has 0 aromatic carbocycles. The Balaban J connectivity index is 2.94. The zero-order valence-corrected chi connectivity index (χ0v) is 8.57. The van der Waals surface area contributed by atoms with Crippen LogP contribution in [0, 0.1) is 0 Å². The molecule has 0 aliphatic carbocycles. The van der Waals surface area contributed by atoms with Crippen molar-refractivity contribution < 1.29 is 5.11 Å². The first-order valence-electron chi connectivity index (χ1n) is 4.46. The minimum atomic E-state index is -0.949. The Hall–Kier alpha value is -0.960. The first kappa shape index (κ1) is 10.1. The molecule has 0 spiro atoms. The number of hydrogen-bond acceptors (Lipinski definition) is 3. The van der Waals surface area contributed by atoms with Gasteiger partial charge in [0, 0.05) is 12.4 Å². The summed E-state index contributed by atoms with van der Waals surface area (Å²) in [5.41, 5.74) is 0.142. The molecule has 1 heterocycles. The molecule has 1 aromatic rings. The second kappa shape index (κ2) is 3.42. The zero-order chi connectivity index (χ0) is 10.1. The van der Waals surface area contributed by atoms with E-state index in [1.165, 1.54) is 0 Å². The predicted molar refractivity (Wildman–Crippen MR) is 51.4 cm³/mol. The molecule has 0 aliphatic rings. The molecule has 0 radical (unpaired) electrons. The van der Waals surface area contributed by atoms with Crippen LogP contribution in [0.1, 0.15) is 45.0 Å². The van der Waals surface area contributed by atoms with E-state index in [2.05, 4.69) is 23.8 Å². The summed E-state index contributed by atoms with van der Waals surface area (Å²) < 4.78 is 0. The van der Waals surface area contributed by atoms with Crippen molar-refractivity contribution in [1.29, 1.82) is 0 Å². The van der Waals surface area contributed by atoms with Gasteiger partial charge in [0.1, 0.15) is 5.60 Å². The van der Waals surface area contributed by atoms with E-state index < -0.39 is 5.60 Å². The van der Waals surface area contributed by atoms with E-state index in [9.17, 15) is 5.11 Å². The molecule has 72 valence electrons. The summed E-state index contributed by atoms with van der Waals surface area (Å²) in [5.74, 6) is 0.896. The van der Waals surface area contributed by atoms with Crippen LogP contribution >= 0.6 is 0 Å². The van der Waals surface area contributed by atoms with Gasteiger partial charge in [0.05, 0.1) is 0 Å². The van der Waals surface area contributed by atoms with E-state index >= 15 is 0 Å². The van der Waals surface area contributed by atoms with Crippen molar-refractivity contribution in [2.24, 2.45) is 0 Å². The van der Waals surface area contributed by atoms with E-state index in [1.807, 2.05) is 0 Å². The van der Waals surface area contributed by atoms with E-state index in [-0.39, 0.29) is 0 Å². The number of hydrogen-bond donors (Lipinski definition) is 1. The van der Waals surface area contributed by atoms with Gasteiger partial charge in [0.15, 0.2) is 5.82 Å². The van der Waals surface area contributed by atoms with Gasteiger partial charge in [-0.2, -0.15) is 0 Å². The lowest BCUT2D eigenvalue weighted by Gasteiger charge is -2.15. The third kappa shape index (κ3) is 2.49. The number of rotatable bonds is 2. The maximum atomic E-state index is 9.59. The van der Waals surface area contributed by atoms with E-state index in [0.717, 1.165) is 5.56 Å². The summed E-state index contributed by atoms with van der Waals surface area (Å²) in [6, 6.07) is 0. The van der Waals surface area contributed by atoms with Crippen molar-refractivity contribution >= 4 is 0 Å². The van der Waals surface area contributed by atoms with Crippen molar-refractivity contribution in [2.45, 2.75) is 39.2 Å².